The van der Waals surface area contributed by atoms with E-state index in [2.05, 4.69) is 223 Å². The number of rotatable bonds is 7. The van der Waals surface area contributed by atoms with Crippen LogP contribution in [0.25, 0.3) is 55.6 Å². The molecule has 0 aromatic heterocycles. The predicted octanol–water partition coefficient (Wildman–Crippen LogP) is 16.4. The SMILES string of the molecule is c1ccc(-c2cccc(-c3ccccc3)c2-c2ccc(N(c3ccc(C4CC5CCC4C5)cc3)c3ccc4c(c3)C3(c5ccccc5-c5ccccc53)c3ccccc3-4)cc2)cc1. The average molecular weight is 806 g/mol. The minimum atomic E-state index is -0.411. The molecule has 3 unspecified atom stereocenters. The molecule has 63 heavy (non-hydrogen) atoms. The first-order valence-corrected chi connectivity index (χ1v) is 22.9. The van der Waals surface area contributed by atoms with Gasteiger partial charge in [0.15, 0.2) is 0 Å². The van der Waals surface area contributed by atoms with Gasteiger partial charge in [-0.15, -0.1) is 0 Å². The molecule has 0 saturated heterocycles. The summed E-state index contributed by atoms with van der Waals surface area (Å²) in [6.45, 7) is 0. The van der Waals surface area contributed by atoms with Gasteiger partial charge in [-0.1, -0.05) is 188 Å². The van der Waals surface area contributed by atoms with Gasteiger partial charge in [0.05, 0.1) is 5.41 Å². The van der Waals surface area contributed by atoms with Gasteiger partial charge >= 0.3 is 0 Å². The van der Waals surface area contributed by atoms with Crippen LogP contribution >= 0.6 is 0 Å². The molecule has 1 nitrogen and oxygen atoms in total. The van der Waals surface area contributed by atoms with Crippen LogP contribution in [0.3, 0.4) is 0 Å². The quantitative estimate of drug-likeness (QED) is 0.155. The van der Waals surface area contributed by atoms with Crippen molar-refractivity contribution in [3.63, 3.8) is 0 Å². The van der Waals surface area contributed by atoms with Gasteiger partial charge in [-0.3, -0.25) is 0 Å². The second-order valence-electron chi connectivity index (χ2n) is 18.3. The van der Waals surface area contributed by atoms with Crippen molar-refractivity contribution >= 4 is 17.1 Å². The summed E-state index contributed by atoms with van der Waals surface area (Å²) in [6, 6.07) is 82.0. The van der Waals surface area contributed by atoms with Crippen molar-refractivity contribution in [2.75, 3.05) is 4.90 Å². The van der Waals surface area contributed by atoms with Gasteiger partial charge < -0.3 is 4.90 Å². The Morgan fingerprint density at radius 1 is 0.349 bits per heavy atom. The zero-order chi connectivity index (χ0) is 41.5. The fraction of sp³-hybridized carbons (Fsp3) is 0.129. The molecule has 300 valence electrons. The Morgan fingerprint density at radius 3 is 1.35 bits per heavy atom. The van der Waals surface area contributed by atoms with Crippen LogP contribution in [0.4, 0.5) is 17.1 Å². The monoisotopic (exact) mass is 805 g/mol. The summed E-state index contributed by atoms with van der Waals surface area (Å²) in [7, 11) is 0. The zero-order valence-electron chi connectivity index (χ0n) is 35.3. The Hall–Kier alpha value is -7.22. The summed E-state index contributed by atoms with van der Waals surface area (Å²) in [6.07, 6.45) is 5.57. The van der Waals surface area contributed by atoms with E-state index >= 15 is 0 Å². The lowest BCUT2D eigenvalue weighted by atomic mass is 9.70. The molecular weight excluding hydrogens is 759 g/mol. The molecule has 0 radical (unpaired) electrons. The molecule has 2 fully saturated rings. The minimum absolute atomic E-state index is 0.411. The summed E-state index contributed by atoms with van der Waals surface area (Å²) in [4.78, 5) is 2.50. The van der Waals surface area contributed by atoms with Crippen molar-refractivity contribution in [3.05, 3.63) is 246 Å². The Labute approximate surface area is 371 Å². The Morgan fingerprint density at radius 2 is 0.825 bits per heavy atom. The number of fused-ring (bicyclic) bond motifs is 12. The smallest absolute Gasteiger partial charge is 0.0726 e. The Balaban J connectivity index is 0.991. The topological polar surface area (TPSA) is 3.24 Å². The van der Waals surface area contributed by atoms with Crippen molar-refractivity contribution in [1.29, 1.82) is 0 Å². The fourth-order valence-electron chi connectivity index (χ4n) is 12.5. The van der Waals surface area contributed by atoms with E-state index in [4.69, 9.17) is 0 Å². The number of nitrogens with zero attached hydrogens (tertiary/aromatic N) is 1. The zero-order valence-corrected chi connectivity index (χ0v) is 35.3. The van der Waals surface area contributed by atoms with Gasteiger partial charge in [0.25, 0.3) is 0 Å². The molecule has 2 saturated carbocycles. The number of anilines is 3. The van der Waals surface area contributed by atoms with E-state index in [1.165, 1.54) is 115 Å². The molecule has 2 bridgehead atoms. The summed E-state index contributed by atoms with van der Waals surface area (Å²) >= 11 is 0. The molecule has 4 aliphatic rings. The second-order valence-corrected chi connectivity index (χ2v) is 18.3. The van der Waals surface area contributed by atoms with Crippen LogP contribution in [-0.4, -0.2) is 0 Å². The van der Waals surface area contributed by atoms with Crippen molar-refractivity contribution in [2.24, 2.45) is 11.8 Å². The van der Waals surface area contributed by atoms with E-state index in [0.29, 0.717) is 5.92 Å². The average Bonchev–Trinajstić information content (AvgIpc) is 4.14. The standard InChI is InChI=1S/C62H47N/c1-3-14-42(15-4-1)50-21-13-22-51(43-16-5-2-6-17-43)61(50)45-30-34-48(35-31-45)63(47-32-28-44(29-33-47)56-39-41-26-27-46(56)38-41)49-36-37-55-54-20-9-12-25-59(54)62(60(55)40-49)57-23-10-7-18-52(57)53-19-8-11-24-58(53)62/h1-25,28-37,40-41,46,56H,26-27,38-39H2. The predicted molar refractivity (Wildman–Crippen MR) is 262 cm³/mol. The van der Waals surface area contributed by atoms with E-state index in [-0.39, 0.29) is 0 Å². The highest BCUT2D eigenvalue weighted by Gasteiger charge is 2.51. The van der Waals surface area contributed by atoms with E-state index in [0.717, 1.165) is 23.2 Å². The van der Waals surface area contributed by atoms with E-state index < -0.39 is 5.41 Å². The molecule has 0 heterocycles. The molecule has 3 atom stereocenters. The molecule has 0 N–H and O–H groups in total. The molecule has 1 heteroatoms. The van der Waals surface area contributed by atoms with Gasteiger partial charge in [-0.2, -0.15) is 0 Å². The maximum absolute atomic E-state index is 2.52. The first kappa shape index (κ1) is 36.4. The third-order valence-electron chi connectivity index (χ3n) is 15.2. The van der Waals surface area contributed by atoms with Crippen molar-refractivity contribution in [1.82, 2.24) is 0 Å². The second kappa shape index (κ2) is 14.4. The maximum Gasteiger partial charge on any atom is 0.0726 e. The van der Waals surface area contributed by atoms with Gasteiger partial charge in [-0.05, 0) is 157 Å². The summed E-state index contributed by atoms with van der Waals surface area (Å²) in [5.41, 5.74) is 22.7. The largest absolute Gasteiger partial charge is 0.310 e. The molecule has 13 rings (SSSR count). The molecule has 0 amide bonds. The van der Waals surface area contributed by atoms with Gasteiger partial charge in [0.2, 0.25) is 0 Å². The Kier molecular flexibility index (Phi) is 8.35. The lowest BCUT2D eigenvalue weighted by molar-refractivity contribution is 0.420. The first-order chi connectivity index (χ1) is 31.2. The van der Waals surface area contributed by atoms with Crippen LogP contribution in [0.5, 0.6) is 0 Å². The molecule has 1 spiro atoms. The van der Waals surface area contributed by atoms with Crippen LogP contribution in [-0.2, 0) is 5.41 Å². The summed E-state index contributed by atoms with van der Waals surface area (Å²) < 4.78 is 0. The third-order valence-corrected chi connectivity index (χ3v) is 15.2. The lowest BCUT2D eigenvalue weighted by Gasteiger charge is -2.32. The Bertz CT molecular complexity index is 3060. The van der Waals surface area contributed by atoms with Crippen LogP contribution < -0.4 is 4.90 Å². The van der Waals surface area contributed by atoms with Crippen LogP contribution in [0.2, 0.25) is 0 Å². The minimum Gasteiger partial charge on any atom is -0.310 e. The molecule has 9 aromatic rings. The van der Waals surface area contributed by atoms with E-state index in [1.54, 1.807) is 0 Å². The molecular formula is C62H47N. The van der Waals surface area contributed by atoms with Crippen LogP contribution in [0, 0.1) is 11.8 Å². The maximum atomic E-state index is 2.52. The van der Waals surface area contributed by atoms with Crippen molar-refractivity contribution in [2.45, 2.75) is 37.0 Å². The summed E-state index contributed by atoms with van der Waals surface area (Å²) in [5.74, 6) is 2.45. The van der Waals surface area contributed by atoms with E-state index in [9.17, 15) is 0 Å². The van der Waals surface area contributed by atoms with Crippen LogP contribution in [0.1, 0.15) is 59.4 Å². The third kappa shape index (κ3) is 5.55. The lowest BCUT2D eigenvalue weighted by Crippen LogP contribution is -2.26. The van der Waals surface area contributed by atoms with E-state index in [1.807, 2.05) is 0 Å². The number of benzene rings is 9. The van der Waals surface area contributed by atoms with Crippen molar-refractivity contribution < 1.29 is 0 Å². The highest BCUT2D eigenvalue weighted by atomic mass is 15.1. The first-order valence-electron chi connectivity index (χ1n) is 22.9. The summed E-state index contributed by atoms with van der Waals surface area (Å²) in [5, 5.41) is 0. The normalized spacial score (nSPS) is 18.2. The van der Waals surface area contributed by atoms with Gasteiger partial charge in [-0.25, -0.2) is 0 Å². The highest BCUT2D eigenvalue weighted by molar-refractivity contribution is 5.97. The molecule has 0 aliphatic heterocycles. The van der Waals surface area contributed by atoms with Crippen LogP contribution in [0.15, 0.2) is 218 Å². The van der Waals surface area contributed by atoms with Crippen molar-refractivity contribution in [3.8, 4) is 55.6 Å². The molecule has 9 aromatic carbocycles. The highest BCUT2D eigenvalue weighted by Crippen LogP contribution is 2.63. The number of hydrogen-bond donors (Lipinski definition) is 0. The van der Waals surface area contributed by atoms with Gasteiger partial charge in [0, 0.05) is 17.1 Å². The number of hydrogen-bond acceptors (Lipinski definition) is 1. The molecule has 4 aliphatic carbocycles. The van der Waals surface area contributed by atoms with Gasteiger partial charge in [0.1, 0.15) is 0 Å². The fourth-order valence-corrected chi connectivity index (χ4v) is 12.5.